The van der Waals surface area contributed by atoms with Crippen molar-refractivity contribution in [3.8, 4) is 0 Å². The van der Waals surface area contributed by atoms with Crippen molar-refractivity contribution in [3.05, 3.63) is 94.4 Å². The van der Waals surface area contributed by atoms with Gasteiger partial charge in [-0.25, -0.2) is 0 Å². The van der Waals surface area contributed by atoms with E-state index in [-0.39, 0.29) is 18.0 Å². The second-order valence-corrected chi connectivity index (χ2v) is 6.53. The Balaban J connectivity index is 1.66. The number of hydrogen-bond donors (Lipinski definition) is 3. The van der Waals surface area contributed by atoms with Gasteiger partial charge in [0.25, 0.3) is 11.5 Å². The van der Waals surface area contributed by atoms with Crippen LogP contribution in [0.1, 0.15) is 22.8 Å². The van der Waals surface area contributed by atoms with Crippen molar-refractivity contribution in [2.24, 2.45) is 0 Å². The summed E-state index contributed by atoms with van der Waals surface area (Å²) >= 11 is 0. The molecule has 0 fully saturated rings. The highest BCUT2D eigenvalue weighted by Gasteiger charge is 2.06. The van der Waals surface area contributed by atoms with Crippen LogP contribution in [0.5, 0.6) is 0 Å². The van der Waals surface area contributed by atoms with Gasteiger partial charge >= 0.3 is 0 Å². The lowest BCUT2D eigenvalue weighted by Crippen LogP contribution is -2.27. The summed E-state index contributed by atoms with van der Waals surface area (Å²) in [6.45, 7) is 2.40. The fourth-order valence-corrected chi connectivity index (χ4v) is 2.70. The van der Waals surface area contributed by atoms with Crippen molar-refractivity contribution in [3.63, 3.8) is 0 Å². The van der Waals surface area contributed by atoms with E-state index in [1.807, 2.05) is 42.5 Å². The molecule has 0 bridgehead atoms. The molecule has 0 aliphatic heterocycles. The van der Waals surface area contributed by atoms with Gasteiger partial charge in [-0.3, -0.25) is 9.59 Å². The fourth-order valence-electron chi connectivity index (χ4n) is 2.70. The predicted molar refractivity (Wildman–Crippen MR) is 112 cm³/mol. The molecule has 0 spiro atoms. The molecule has 142 valence electrons. The number of carbonyl (C=O) groups is 1. The maximum absolute atomic E-state index is 12.1. The second-order valence-electron chi connectivity index (χ2n) is 6.53. The molecule has 3 N–H and O–H groups in total. The molecular weight excluding hydrogens is 352 g/mol. The van der Waals surface area contributed by atoms with E-state index >= 15 is 0 Å². The van der Waals surface area contributed by atoms with Gasteiger partial charge in [0.1, 0.15) is 0 Å². The summed E-state index contributed by atoms with van der Waals surface area (Å²) in [5.41, 5.74) is 3.61. The first-order chi connectivity index (χ1) is 13.5. The van der Waals surface area contributed by atoms with Crippen LogP contribution in [0.3, 0.4) is 0 Å². The van der Waals surface area contributed by atoms with Gasteiger partial charge in [0, 0.05) is 34.9 Å². The Labute approximate surface area is 163 Å². The van der Waals surface area contributed by atoms with Crippen LogP contribution in [0, 0.1) is 5.41 Å². The first-order valence-corrected chi connectivity index (χ1v) is 8.95. The van der Waals surface area contributed by atoms with Gasteiger partial charge in [0.15, 0.2) is 0 Å². The van der Waals surface area contributed by atoms with Crippen molar-refractivity contribution in [2.45, 2.75) is 13.5 Å². The standard InChI is InChI=1S/C22H22N4O2/c1-16(23)14-24-22(28)18-5-4-6-20(13-18)25-19-10-8-17(9-11-19)15-26-12-3-2-7-21(26)27/h2-13,23,25H,14-15H2,1H3,(H,24,28). The minimum atomic E-state index is -0.209. The van der Waals surface area contributed by atoms with E-state index in [9.17, 15) is 9.59 Å². The second kappa shape index (κ2) is 8.81. The van der Waals surface area contributed by atoms with Gasteiger partial charge in [-0.2, -0.15) is 0 Å². The van der Waals surface area contributed by atoms with Crippen LogP contribution in [0.4, 0.5) is 11.4 Å². The van der Waals surface area contributed by atoms with Crippen LogP contribution in [-0.2, 0) is 6.54 Å². The highest BCUT2D eigenvalue weighted by atomic mass is 16.1. The maximum Gasteiger partial charge on any atom is 0.251 e. The van der Waals surface area contributed by atoms with E-state index < -0.39 is 0 Å². The Morgan fingerprint density at radius 3 is 2.50 bits per heavy atom. The van der Waals surface area contributed by atoms with Gasteiger partial charge in [0.2, 0.25) is 0 Å². The molecule has 0 unspecified atom stereocenters. The Hall–Kier alpha value is -3.67. The number of rotatable bonds is 7. The van der Waals surface area contributed by atoms with Crippen LogP contribution < -0.4 is 16.2 Å². The van der Waals surface area contributed by atoms with Gasteiger partial charge in [-0.15, -0.1) is 0 Å². The third-order valence-electron chi connectivity index (χ3n) is 4.13. The minimum Gasteiger partial charge on any atom is -0.356 e. The molecular formula is C22H22N4O2. The number of carbonyl (C=O) groups excluding carboxylic acids is 1. The van der Waals surface area contributed by atoms with Gasteiger partial charge in [-0.05, 0) is 48.9 Å². The van der Waals surface area contributed by atoms with E-state index in [0.29, 0.717) is 17.8 Å². The van der Waals surface area contributed by atoms with Crippen molar-refractivity contribution in [2.75, 3.05) is 11.9 Å². The summed E-state index contributed by atoms with van der Waals surface area (Å²) in [5, 5.41) is 13.4. The Morgan fingerprint density at radius 1 is 1.00 bits per heavy atom. The molecule has 1 amide bonds. The number of aromatic nitrogens is 1. The average molecular weight is 374 g/mol. The molecule has 3 rings (SSSR count). The number of amides is 1. The number of hydrogen-bond acceptors (Lipinski definition) is 4. The summed E-state index contributed by atoms with van der Waals surface area (Å²) in [7, 11) is 0. The highest BCUT2D eigenvalue weighted by molar-refractivity contribution is 5.97. The number of nitrogens with zero attached hydrogens (tertiary/aromatic N) is 1. The summed E-state index contributed by atoms with van der Waals surface area (Å²) < 4.78 is 1.65. The van der Waals surface area contributed by atoms with E-state index in [0.717, 1.165) is 16.9 Å². The van der Waals surface area contributed by atoms with Crippen molar-refractivity contribution < 1.29 is 4.79 Å². The van der Waals surface area contributed by atoms with Crippen LogP contribution in [0.2, 0.25) is 0 Å². The Bertz CT molecular complexity index is 1040. The van der Waals surface area contributed by atoms with E-state index in [1.54, 1.807) is 42.0 Å². The van der Waals surface area contributed by atoms with Crippen LogP contribution in [-0.4, -0.2) is 22.7 Å². The Morgan fingerprint density at radius 2 is 1.79 bits per heavy atom. The molecule has 0 saturated carbocycles. The minimum absolute atomic E-state index is 0.0296. The van der Waals surface area contributed by atoms with Crippen LogP contribution >= 0.6 is 0 Å². The summed E-state index contributed by atoms with van der Waals surface area (Å²) in [5.74, 6) is -0.209. The van der Waals surface area contributed by atoms with E-state index in [1.165, 1.54) is 0 Å². The van der Waals surface area contributed by atoms with Crippen molar-refractivity contribution in [1.82, 2.24) is 9.88 Å². The molecule has 0 saturated heterocycles. The zero-order valence-electron chi connectivity index (χ0n) is 15.6. The van der Waals surface area contributed by atoms with Gasteiger partial charge < -0.3 is 20.6 Å². The lowest BCUT2D eigenvalue weighted by atomic mass is 10.1. The van der Waals surface area contributed by atoms with Crippen LogP contribution in [0.25, 0.3) is 0 Å². The number of nitrogens with one attached hydrogen (secondary N) is 3. The summed E-state index contributed by atoms with van der Waals surface area (Å²) in [6.07, 6.45) is 1.77. The molecule has 1 heterocycles. The summed E-state index contributed by atoms with van der Waals surface area (Å²) in [6, 6.07) is 20.1. The lowest BCUT2D eigenvalue weighted by molar-refractivity contribution is 0.0959. The summed E-state index contributed by atoms with van der Waals surface area (Å²) in [4.78, 5) is 23.9. The number of pyridine rings is 1. The number of benzene rings is 2. The third kappa shape index (κ3) is 5.17. The largest absolute Gasteiger partial charge is 0.356 e. The normalized spacial score (nSPS) is 10.3. The zero-order chi connectivity index (χ0) is 19.9. The lowest BCUT2D eigenvalue weighted by Gasteiger charge is -2.10. The molecule has 0 aliphatic rings. The SMILES string of the molecule is CC(=N)CNC(=O)c1cccc(Nc2ccc(Cn3ccccc3=O)cc2)c1. The molecule has 0 atom stereocenters. The Kier molecular flexibility index (Phi) is 6.01. The van der Waals surface area contributed by atoms with E-state index in [2.05, 4.69) is 10.6 Å². The fraction of sp³-hybridized carbons (Fsp3) is 0.136. The molecule has 1 aromatic heterocycles. The first kappa shape index (κ1) is 19.1. The molecule has 6 nitrogen and oxygen atoms in total. The molecule has 0 radical (unpaired) electrons. The van der Waals surface area contributed by atoms with Gasteiger partial charge in [-0.1, -0.05) is 24.3 Å². The van der Waals surface area contributed by atoms with Crippen molar-refractivity contribution >= 4 is 23.0 Å². The zero-order valence-corrected chi connectivity index (χ0v) is 15.6. The smallest absolute Gasteiger partial charge is 0.251 e. The monoisotopic (exact) mass is 374 g/mol. The third-order valence-corrected chi connectivity index (χ3v) is 4.13. The quantitative estimate of drug-likeness (QED) is 0.554. The molecule has 6 heteroatoms. The number of anilines is 2. The van der Waals surface area contributed by atoms with Crippen molar-refractivity contribution in [1.29, 1.82) is 5.41 Å². The predicted octanol–water partition coefficient (Wildman–Crippen LogP) is 3.41. The molecule has 28 heavy (non-hydrogen) atoms. The van der Waals surface area contributed by atoms with E-state index in [4.69, 9.17) is 5.41 Å². The first-order valence-electron chi connectivity index (χ1n) is 8.95. The average Bonchev–Trinajstić information content (AvgIpc) is 2.69. The highest BCUT2D eigenvalue weighted by Crippen LogP contribution is 2.18. The van der Waals surface area contributed by atoms with Crippen LogP contribution in [0.15, 0.2) is 77.7 Å². The molecule has 0 aliphatic carbocycles. The van der Waals surface area contributed by atoms with Gasteiger partial charge in [0.05, 0.1) is 13.1 Å². The molecule has 2 aromatic carbocycles. The maximum atomic E-state index is 12.1. The topological polar surface area (TPSA) is 87.0 Å². The molecule has 3 aromatic rings.